The number of carbonyl (C=O) groups excluding carboxylic acids is 1. The van der Waals surface area contributed by atoms with E-state index in [-0.39, 0.29) is 31.1 Å². The molecule has 1 aliphatic carbocycles. The number of carboxylic acids is 1. The van der Waals surface area contributed by atoms with Gasteiger partial charge in [-0.3, -0.25) is 0 Å². The number of aliphatic carboxylic acids is 1. The Morgan fingerprint density at radius 1 is 1.13 bits per heavy atom. The monoisotopic (exact) mass is 473 g/mol. The molecule has 1 saturated carbocycles. The zero-order valence-electron chi connectivity index (χ0n) is 16.5. The molecule has 1 saturated heterocycles. The molecule has 2 aliphatic rings. The summed E-state index contributed by atoms with van der Waals surface area (Å²) in [5.41, 5.74) is 1.17. The van der Waals surface area contributed by atoms with Gasteiger partial charge in [-0.1, -0.05) is 58.4 Å². The summed E-state index contributed by atoms with van der Waals surface area (Å²) in [6, 6.07) is 17.4. The topological polar surface area (TPSA) is 76.1 Å². The van der Waals surface area contributed by atoms with Crippen molar-refractivity contribution >= 4 is 28.0 Å². The Labute approximate surface area is 183 Å². The molecule has 3 atom stereocenters. The number of rotatable bonds is 6. The fourth-order valence-corrected chi connectivity index (χ4v) is 5.20. The van der Waals surface area contributed by atoms with Gasteiger partial charge in [0.25, 0.3) is 0 Å². The van der Waals surface area contributed by atoms with Gasteiger partial charge in [0.15, 0.2) is 0 Å². The van der Waals surface area contributed by atoms with Crippen molar-refractivity contribution in [2.45, 2.75) is 25.0 Å². The molecular formula is C23H24BrNO5. The van der Waals surface area contributed by atoms with Crippen LogP contribution in [-0.4, -0.2) is 41.8 Å². The summed E-state index contributed by atoms with van der Waals surface area (Å²) < 4.78 is 12.5. The number of likely N-dealkylation sites (tertiary alicyclic amines) is 1. The van der Waals surface area contributed by atoms with E-state index in [1.807, 2.05) is 54.6 Å². The number of hydrogen-bond donors (Lipinski definition) is 1. The molecule has 1 amide bonds. The molecule has 4 rings (SSSR count). The first-order chi connectivity index (χ1) is 14.5. The van der Waals surface area contributed by atoms with Crippen molar-refractivity contribution in [2.24, 2.45) is 11.8 Å². The van der Waals surface area contributed by atoms with Crippen LogP contribution in [0.3, 0.4) is 0 Å². The second-order valence-electron chi connectivity index (χ2n) is 7.93. The quantitative estimate of drug-likeness (QED) is 0.671. The van der Waals surface area contributed by atoms with Crippen molar-refractivity contribution < 1.29 is 24.2 Å². The summed E-state index contributed by atoms with van der Waals surface area (Å²) in [5.74, 6) is -0.720. The van der Waals surface area contributed by atoms with E-state index in [4.69, 9.17) is 9.47 Å². The van der Waals surface area contributed by atoms with Gasteiger partial charge in [0.1, 0.15) is 13.2 Å². The van der Waals surface area contributed by atoms with E-state index in [1.165, 1.54) is 0 Å². The molecule has 1 N–H and O–H groups in total. The molecule has 158 valence electrons. The first-order valence-corrected chi connectivity index (χ1v) is 10.8. The van der Waals surface area contributed by atoms with Crippen LogP contribution in [0.15, 0.2) is 59.1 Å². The fraction of sp³-hybridized carbons (Fsp3) is 0.391. The average Bonchev–Trinajstić information content (AvgIpc) is 3.31. The van der Waals surface area contributed by atoms with Crippen LogP contribution >= 0.6 is 15.9 Å². The molecule has 2 aromatic carbocycles. The van der Waals surface area contributed by atoms with Crippen LogP contribution in [0.25, 0.3) is 0 Å². The molecule has 30 heavy (non-hydrogen) atoms. The maximum atomic E-state index is 12.7. The number of fused-ring (bicyclic) bond motifs is 1. The van der Waals surface area contributed by atoms with Crippen molar-refractivity contribution in [1.29, 1.82) is 0 Å². The molecule has 6 nitrogen and oxygen atoms in total. The first-order valence-electron chi connectivity index (χ1n) is 10.1. The van der Waals surface area contributed by atoms with E-state index in [2.05, 4.69) is 15.9 Å². The Balaban J connectivity index is 1.50. The zero-order chi connectivity index (χ0) is 21.1. The highest BCUT2D eigenvalue weighted by Gasteiger charge is 2.55. The van der Waals surface area contributed by atoms with Gasteiger partial charge in [-0.05, 0) is 42.0 Å². The van der Waals surface area contributed by atoms with E-state index in [0.717, 1.165) is 28.4 Å². The minimum Gasteiger partial charge on any atom is -0.480 e. The molecular weight excluding hydrogens is 450 g/mol. The van der Waals surface area contributed by atoms with E-state index in [0.29, 0.717) is 13.1 Å². The fourth-order valence-electron chi connectivity index (χ4n) is 4.80. The van der Waals surface area contributed by atoms with Gasteiger partial charge in [-0.15, -0.1) is 0 Å². The average molecular weight is 474 g/mol. The number of ether oxygens (including phenoxy) is 2. The third-order valence-corrected chi connectivity index (χ3v) is 6.65. The molecule has 0 radical (unpaired) electrons. The van der Waals surface area contributed by atoms with Gasteiger partial charge in [-0.25, -0.2) is 9.59 Å². The van der Waals surface area contributed by atoms with Crippen molar-refractivity contribution in [3.05, 3.63) is 70.2 Å². The third-order valence-electron chi connectivity index (χ3n) is 6.16. The second-order valence-corrected chi connectivity index (χ2v) is 8.85. The summed E-state index contributed by atoms with van der Waals surface area (Å²) in [6.07, 6.45) is 1.27. The van der Waals surface area contributed by atoms with Gasteiger partial charge in [0, 0.05) is 23.5 Å². The minimum absolute atomic E-state index is 0.0235. The normalized spacial score (nSPS) is 25.2. The largest absolute Gasteiger partial charge is 0.480 e. The van der Waals surface area contributed by atoms with Crippen LogP contribution in [0.2, 0.25) is 0 Å². The predicted octanol–water partition coefficient (Wildman–Crippen LogP) is 4.42. The lowest BCUT2D eigenvalue weighted by atomic mass is 9.82. The van der Waals surface area contributed by atoms with Crippen molar-refractivity contribution in [3.63, 3.8) is 0 Å². The van der Waals surface area contributed by atoms with Crippen molar-refractivity contribution in [3.8, 4) is 0 Å². The number of amides is 1. The molecule has 7 heteroatoms. The summed E-state index contributed by atoms with van der Waals surface area (Å²) in [6.45, 7) is 0.959. The maximum Gasteiger partial charge on any atom is 0.410 e. The van der Waals surface area contributed by atoms with Crippen LogP contribution in [0.4, 0.5) is 4.79 Å². The molecule has 0 aromatic heterocycles. The number of carbonyl (C=O) groups is 2. The van der Waals surface area contributed by atoms with Gasteiger partial charge in [-0.2, -0.15) is 0 Å². The first kappa shape index (κ1) is 20.9. The Hall–Kier alpha value is -2.38. The van der Waals surface area contributed by atoms with Gasteiger partial charge in [0.05, 0.1) is 5.60 Å². The van der Waals surface area contributed by atoms with Gasteiger partial charge >= 0.3 is 12.1 Å². The van der Waals surface area contributed by atoms with Crippen LogP contribution < -0.4 is 0 Å². The highest BCUT2D eigenvalue weighted by atomic mass is 79.9. The Kier molecular flexibility index (Phi) is 6.11. The van der Waals surface area contributed by atoms with Gasteiger partial charge < -0.3 is 19.5 Å². The third kappa shape index (κ3) is 4.23. The highest BCUT2D eigenvalue weighted by Crippen LogP contribution is 2.53. The van der Waals surface area contributed by atoms with Crippen LogP contribution in [0.1, 0.15) is 24.0 Å². The van der Waals surface area contributed by atoms with Crippen LogP contribution in [0.5, 0.6) is 0 Å². The number of benzene rings is 2. The second kappa shape index (κ2) is 8.78. The zero-order valence-corrected chi connectivity index (χ0v) is 18.1. The van der Waals surface area contributed by atoms with E-state index in [1.54, 1.807) is 4.90 Å². The lowest BCUT2D eigenvalue weighted by Crippen LogP contribution is -2.40. The molecule has 2 fully saturated rings. The predicted molar refractivity (Wildman–Crippen MR) is 114 cm³/mol. The Morgan fingerprint density at radius 2 is 1.93 bits per heavy atom. The Bertz CT molecular complexity index is 921. The maximum absolute atomic E-state index is 12.7. The van der Waals surface area contributed by atoms with Crippen LogP contribution in [0, 0.1) is 11.8 Å². The standard InChI is InChI=1S/C23H24BrNO5/c24-19-8-4-7-18(11-19)23(30-15-21(26)27)10-9-17-12-25(13-20(17)23)22(28)29-14-16-5-2-1-3-6-16/h1-8,11,17,20H,9-10,12-15H2,(H,26,27). The van der Waals surface area contributed by atoms with E-state index >= 15 is 0 Å². The highest BCUT2D eigenvalue weighted by molar-refractivity contribution is 9.10. The van der Waals surface area contributed by atoms with Crippen molar-refractivity contribution in [1.82, 2.24) is 4.90 Å². The summed E-state index contributed by atoms with van der Waals surface area (Å²) in [5, 5.41) is 9.23. The number of nitrogens with zero attached hydrogens (tertiary/aromatic N) is 1. The molecule has 1 heterocycles. The SMILES string of the molecule is O=C(O)COC1(c2cccc(Br)c2)CCC2CN(C(=O)OCc3ccccc3)CC21. The molecule has 0 bridgehead atoms. The summed E-state index contributed by atoms with van der Waals surface area (Å²) in [7, 11) is 0. The smallest absolute Gasteiger partial charge is 0.410 e. The van der Waals surface area contributed by atoms with Crippen molar-refractivity contribution in [2.75, 3.05) is 19.7 Å². The molecule has 3 unspecified atom stereocenters. The van der Waals surface area contributed by atoms with Gasteiger partial charge in [0.2, 0.25) is 0 Å². The van der Waals surface area contributed by atoms with Crippen LogP contribution in [-0.2, 0) is 26.5 Å². The molecule has 0 spiro atoms. The number of carboxylic acid groups (broad SMARTS) is 1. The Morgan fingerprint density at radius 3 is 2.67 bits per heavy atom. The number of halogens is 1. The summed E-state index contributed by atoms with van der Waals surface area (Å²) >= 11 is 3.51. The lowest BCUT2D eigenvalue weighted by molar-refractivity contribution is -0.154. The number of hydrogen-bond acceptors (Lipinski definition) is 4. The minimum atomic E-state index is -0.995. The molecule has 1 aliphatic heterocycles. The summed E-state index contributed by atoms with van der Waals surface area (Å²) in [4.78, 5) is 25.7. The van der Waals surface area contributed by atoms with E-state index in [9.17, 15) is 14.7 Å². The van der Waals surface area contributed by atoms with E-state index < -0.39 is 11.6 Å². The lowest BCUT2D eigenvalue weighted by Gasteiger charge is -2.36. The molecule has 2 aromatic rings.